The minimum Gasteiger partial charge on any atom is -0.493 e. The lowest BCUT2D eigenvalue weighted by molar-refractivity contribution is -0.136. The molecule has 1 atom stereocenters. The summed E-state index contributed by atoms with van der Waals surface area (Å²) < 4.78 is 5.65. The molecule has 3 heterocycles. The summed E-state index contributed by atoms with van der Waals surface area (Å²) in [4.78, 5) is 35.0. The summed E-state index contributed by atoms with van der Waals surface area (Å²) in [6.07, 6.45) is 5.69. The van der Waals surface area contributed by atoms with Gasteiger partial charge in [0.05, 0.1) is 12.2 Å². The Kier molecular flexibility index (Phi) is 5.85. The molecule has 1 N–H and O–H groups in total. The third-order valence-electron chi connectivity index (χ3n) is 6.87. The van der Waals surface area contributed by atoms with Gasteiger partial charge in [0.2, 0.25) is 5.91 Å². The van der Waals surface area contributed by atoms with Crippen molar-refractivity contribution in [3.63, 3.8) is 0 Å². The summed E-state index contributed by atoms with van der Waals surface area (Å²) in [7, 11) is 0. The molecule has 0 bridgehead atoms. The van der Waals surface area contributed by atoms with Crippen molar-refractivity contribution < 1.29 is 14.3 Å². The molecule has 0 radical (unpaired) electrons. The first-order valence-corrected chi connectivity index (χ1v) is 11.9. The number of amides is 2. The van der Waals surface area contributed by atoms with Crippen molar-refractivity contribution in [1.29, 1.82) is 0 Å². The molecule has 170 valence electrons. The van der Waals surface area contributed by atoms with Gasteiger partial charge in [0.1, 0.15) is 17.6 Å². The van der Waals surface area contributed by atoms with Gasteiger partial charge in [-0.2, -0.15) is 5.10 Å². The zero-order valence-corrected chi connectivity index (χ0v) is 18.6. The molecule has 1 aromatic heterocycles. The van der Waals surface area contributed by atoms with Crippen LogP contribution in [-0.2, 0) is 4.79 Å². The number of para-hydroxylation sites is 1. The van der Waals surface area contributed by atoms with Crippen molar-refractivity contribution in [2.75, 3.05) is 26.2 Å². The highest BCUT2D eigenvalue weighted by Gasteiger charge is 2.39. The zero-order valence-electron chi connectivity index (χ0n) is 18.6. The number of carbonyl (C=O) groups is 2. The minimum atomic E-state index is -0.388. The number of hydrogen-bond acceptors (Lipinski definition) is 5. The summed E-state index contributed by atoms with van der Waals surface area (Å²) in [5.41, 5.74) is 0.532. The van der Waals surface area contributed by atoms with Crippen LogP contribution in [0.25, 0.3) is 0 Å². The van der Waals surface area contributed by atoms with Gasteiger partial charge in [-0.05, 0) is 57.6 Å². The Morgan fingerprint density at radius 2 is 1.84 bits per heavy atom. The van der Waals surface area contributed by atoms with E-state index in [0.717, 1.165) is 30.9 Å². The van der Waals surface area contributed by atoms with Gasteiger partial charge in [-0.3, -0.25) is 14.7 Å². The van der Waals surface area contributed by atoms with E-state index in [-0.39, 0.29) is 17.9 Å². The number of likely N-dealkylation sites (tertiary alicyclic amines) is 2. The molecule has 3 aliphatic rings. The first-order valence-electron chi connectivity index (χ1n) is 11.9. The molecule has 1 aromatic carbocycles. The van der Waals surface area contributed by atoms with E-state index in [1.807, 2.05) is 30.0 Å². The average Bonchev–Trinajstić information content (AvgIpc) is 3.35. The molecule has 3 fully saturated rings. The van der Waals surface area contributed by atoms with Crippen LogP contribution in [0.5, 0.6) is 5.75 Å². The number of rotatable bonds is 6. The maximum Gasteiger partial charge on any atom is 0.258 e. The van der Waals surface area contributed by atoms with Crippen LogP contribution in [0, 0.1) is 0 Å². The van der Waals surface area contributed by atoms with Crippen LogP contribution in [-0.4, -0.2) is 69.1 Å². The van der Waals surface area contributed by atoms with E-state index in [4.69, 9.17) is 9.72 Å². The SMILES string of the molecule is CCOc1ccccc1C(=O)N1CCCC1C(=O)N1CCC(c2nc(C3CC3)n[nH]2)CC1. The van der Waals surface area contributed by atoms with Crippen LogP contribution in [0.15, 0.2) is 24.3 Å². The van der Waals surface area contributed by atoms with Crippen LogP contribution >= 0.6 is 0 Å². The van der Waals surface area contributed by atoms with Crippen LogP contribution in [0.4, 0.5) is 0 Å². The van der Waals surface area contributed by atoms with Gasteiger partial charge in [-0.15, -0.1) is 0 Å². The summed E-state index contributed by atoms with van der Waals surface area (Å²) in [5.74, 6) is 3.30. The number of H-pyrrole nitrogens is 1. The molecule has 2 amide bonds. The Balaban J connectivity index is 1.22. The fraction of sp³-hybridized carbons (Fsp3) is 0.583. The van der Waals surface area contributed by atoms with Crippen LogP contribution < -0.4 is 4.74 Å². The largest absolute Gasteiger partial charge is 0.493 e. The smallest absolute Gasteiger partial charge is 0.258 e. The first-order chi connectivity index (χ1) is 15.7. The number of aromatic nitrogens is 3. The Morgan fingerprint density at radius 1 is 1.06 bits per heavy atom. The predicted octanol–water partition coefficient (Wildman–Crippen LogP) is 3.09. The number of carbonyl (C=O) groups excluding carboxylic acids is 2. The van der Waals surface area contributed by atoms with Gasteiger partial charge in [0, 0.05) is 31.5 Å². The van der Waals surface area contributed by atoms with Gasteiger partial charge in [0.15, 0.2) is 5.82 Å². The van der Waals surface area contributed by atoms with Crippen molar-refractivity contribution in [1.82, 2.24) is 25.0 Å². The Hall–Kier alpha value is -2.90. The molecule has 1 unspecified atom stereocenters. The van der Waals surface area contributed by atoms with E-state index < -0.39 is 0 Å². The number of ether oxygens (including phenoxy) is 1. The fourth-order valence-corrected chi connectivity index (χ4v) is 4.92. The standard InChI is InChI=1S/C24H31N5O3/c1-2-32-20-8-4-3-6-18(20)23(30)29-13-5-7-19(29)24(31)28-14-11-17(12-15-28)22-25-21(26-27-22)16-9-10-16/h3-4,6,8,16-17,19H,2,5,7,9-15H2,1H3,(H,25,26,27). The normalized spacial score (nSPS) is 21.7. The third kappa shape index (κ3) is 4.10. The number of nitrogens with zero attached hydrogens (tertiary/aromatic N) is 4. The van der Waals surface area contributed by atoms with Crippen molar-refractivity contribution in [3.8, 4) is 5.75 Å². The Bertz CT molecular complexity index is 978. The van der Waals surface area contributed by atoms with Gasteiger partial charge in [0.25, 0.3) is 5.91 Å². The molecule has 8 heteroatoms. The van der Waals surface area contributed by atoms with E-state index in [9.17, 15) is 9.59 Å². The second-order valence-electron chi connectivity index (χ2n) is 9.04. The van der Waals surface area contributed by atoms with Crippen molar-refractivity contribution in [3.05, 3.63) is 41.5 Å². The van der Waals surface area contributed by atoms with Crippen molar-refractivity contribution in [2.24, 2.45) is 0 Å². The first kappa shape index (κ1) is 21.0. The molecular weight excluding hydrogens is 406 g/mol. The summed E-state index contributed by atoms with van der Waals surface area (Å²) >= 11 is 0. The predicted molar refractivity (Wildman–Crippen MR) is 119 cm³/mol. The lowest BCUT2D eigenvalue weighted by Gasteiger charge is -2.35. The lowest BCUT2D eigenvalue weighted by atomic mass is 9.95. The third-order valence-corrected chi connectivity index (χ3v) is 6.87. The van der Waals surface area contributed by atoms with Gasteiger partial charge < -0.3 is 14.5 Å². The van der Waals surface area contributed by atoms with Crippen molar-refractivity contribution in [2.45, 2.75) is 63.3 Å². The summed E-state index contributed by atoms with van der Waals surface area (Å²) in [6.45, 7) is 4.38. The highest BCUT2D eigenvalue weighted by molar-refractivity contribution is 6.00. The average molecular weight is 438 g/mol. The van der Waals surface area contributed by atoms with Crippen molar-refractivity contribution >= 4 is 11.8 Å². The molecule has 8 nitrogen and oxygen atoms in total. The quantitative estimate of drug-likeness (QED) is 0.750. The maximum atomic E-state index is 13.4. The van der Waals surface area contributed by atoms with Gasteiger partial charge in [-0.1, -0.05) is 12.1 Å². The van der Waals surface area contributed by atoms with Crippen LogP contribution in [0.2, 0.25) is 0 Å². The van der Waals surface area contributed by atoms with Crippen LogP contribution in [0.3, 0.4) is 0 Å². The fourth-order valence-electron chi connectivity index (χ4n) is 4.92. The van der Waals surface area contributed by atoms with Gasteiger partial charge >= 0.3 is 0 Å². The molecule has 32 heavy (non-hydrogen) atoms. The molecule has 2 saturated heterocycles. The zero-order chi connectivity index (χ0) is 22.1. The second kappa shape index (κ2) is 8.92. The van der Waals surface area contributed by atoms with Crippen LogP contribution in [0.1, 0.15) is 79.3 Å². The van der Waals surface area contributed by atoms with E-state index in [0.29, 0.717) is 55.8 Å². The van der Waals surface area contributed by atoms with E-state index in [1.165, 1.54) is 12.8 Å². The molecule has 0 spiro atoms. The molecule has 1 aliphatic carbocycles. The highest BCUT2D eigenvalue weighted by atomic mass is 16.5. The topological polar surface area (TPSA) is 91.4 Å². The molecule has 2 aliphatic heterocycles. The number of hydrogen-bond donors (Lipinski definition) is 1. The monoisotopic (exact) mass is 437 g/mol. The molecular formula is C24H31N5O3. The molecule has 5 rings (SSSR count). The lowest BCUT2D eigenvalue weighted by Crippen LogP contribution is -2.49. The van der Waals surface area contributed by atoms with E-state index in [1.54, 1.807) is 11.0 Å². The molecule has 1 saturated carbocycles. The summed E-state index contributed by atoms with van der Waals surface area (Å²) in [5, 5.41) is 7.50. The Morgan fingerprint density at radius 3 is 2.59 bits per heavy atom. The number of aromatic amines is 1. The summed E-state index contributed by atoms with van der Waals surface area (Å²) in [6, 6.07) is 6.91. The second-order valence-corrected chi connectivity index (χ2v) is 9.04. The molecule has 2 aromatic rings. The van der Waals surface area contributed by atoms with E-state index >= 15 is 0 Å². The highest BCUT2D eigenvalue weighted by Crippen LogP contribution is 2.38. The number of benzene rings is 1. The van der Waals surface area contributed by atoms with Gasteiger partial charge in [-0.25, -0.2) is 4.98 Å². The Labute approximate surface area is 188 Å². The number of nitrogens with one attached hydrogen (secondary N) is 1. The number of piperidine rings is 1. The maximum absolute atomic E-state index is 13.4. The minimum absolute atomic E-state index is 0.0689. The van der Waals surface area contributed by atoms with E-state index in [2.05, 4.69) is 10.2 Å².